The summed E-state index contributed by atoms with van der Waals surface area (Å²) in [6, 6.07) is 5.64. The number of carbonyl (C=O) groups excluding carboxylic acids is 1. The lowest BCUT2D eigenvalue weighted by Crippen LogP contribution is -1.99. The fourth-order valence-electron chi connectivity index (χ4n) is 1.44. The van der Waals surface area contributed by atoms with Crippen molar-refractivity contribution in [3.8, 4) is 0 Å². The van der Waals surface area contributed by atoms with E-state index in [9.17, 15) is 4.79 Å². The number of ether oxygens (including phenoxy) is 1. The molecule has 0 bridgehead atoms. The summed E-state index contributed by atoms with van der Waals surface area (Å²) in [6.45, 7) is 1.77. The van der Waals surface area contributed by atoms with Crippen LogP contribution in [0.15, 0.2) is 18.2 Å². The van der Waals surface area contributed by atoms with Gasteiger partial charge in [-0.15, -0.1) is 0 Å². The second-order valence-electron chi connectivity index (χ2n) is 3.67. The highest BCUT2D eigenvalue weighted by Gasteiger charge is 2.16. The van der Waals surface area contributed by atoms with Crippen molar-refractivity contribution in [2.45, 2.75) is 6.92 Å². The molecule has 2 aromatic rings. The average molecular weight is 409 g/mol. The summed E-state index contributed by atoms with van der Waals surface area (Å²) in [5, 5.41) is 4.33. The number of halogens is 2. The van der Waals surface area contributed by atoms with Crippen molar-refractivity contribution in [2.24, 2.45) is 0 Å². The molecule has 0 radical (unpaired) electrons. The highest BCUT2D eigenvalue weighted by Crippen LogP contribution is 2.30. The smallest absolute Gasteiger partial charge is 0.350 e. The summed E-state index contributed by atoms with van der Waals surface area (Å²) < 4.78 is 5.76. The molecule has 0 amide bonds. The zero-order valence-corrected chi connectivity index (χ0v) is 13.9. The highest BCUT2D eigenvalue weighted by atomic mass is 127. The molecule has 0 unspecified atom stereocenters. The molecule has 0 aliphatic heterocycles. The first-order valence-corrected chi connectivity index (χ1v) is 7.56. The van der Waals surface area contributed by atoms with Crippen molar-refractivity contribution in [1.29, 1.82) is 0 Å². The van der Waals surface area contributed by atoms with Crippen molar-refractivity contribution in [1.82, 2.24) is 4.98 Å². The van der Waals surface area contributed by atoms with Crippen LogP contribution in [0.4, 0.5) is 10.8 Å². The average Bonchev–Trinajstić information content (AvgIpc) is 2.74. The fourth-order valence-corrected chi connectivity index (χ4v) is 2.99. The van der Waals surface area contributed by atoms with Gasteiger partial charge < -0.3 is 10.1 Å². The predicted octanol–water partition coefficient (Wildman–Crippen LogP) is 4.24. The third kappa shape index (κ3) is 3.37. The third-order valence-electron chi connectivity index (χ3n) is 2.34. The number of nitrogens with one attached hydrogen (secondary N) is 1. The monoisotopic (exact) mass is 408 g/mol. The van der Waals surface area contributed by atoms with Gasteiger partial charge in [-0.1, -0.05) is 22.9 Å². The molecule has 0 saturated carbocycles. The van der Waals surface area contributed by atoms with Crippen molar-refractivity contribution in [3.05, 3.63) is 37.4 Å². The van der Waals surface area contributed by atoms with E-state index >= 15 is 0 Å². The Labute approximate surface area is 133 Å². The Balaban J connectivity index is 2.29. The van der Waals surface area contributed by atoms with Crippen LogP contribution in [0.25, 0.3) is 0 Å². The van der Waals surface area contributed by atoms with Gasteiger partial charge in [0.05, 0.1) is 23.5 Å². The fraction of sp³-hybridized carbons (Fsp3) is 0.167. The lowest BCUT2D eigenvalue weighted by molar-refractivity contribution is 0.0605. The second-order valence-corrected chi connectivity index (χ2v) is 6.33. The highest BCUT2D eigenvalue weighted by molar-refractivity contribution is 14.1. The molecule has 0 atom stereocenters. The maximum atomic E-state index is 11.5. The lowest BCUT2D eigenvalue weighted by Gasteiger charge is -2.05. The number of anilines is 2. The largest absolute Gasteiger partial charge is 0.465 e. The number of rotatable bonds is 3. The van der Waals surface area contributed by atoms with Crippen molar-refractivity contribution in [2.75, 3.05) is 12.4 Å². The number of thiazole rings is 1. The van der Waals surface area contributed by atoms with Crippen LogP contribution in [-0.4, -0.2) is 18.1 Å². The zero-order valence-electron chi connectivity index (χ0n) is 10.2. The Morgan fingerprint density at radius 2 is 2.26 bits per heavy atom. The lowest BCUT2D eigenvalue weighted by atomic mass is 10.3. The molecule has 1 heterocycles. The van der Waals surface area contributed by atoms with E-state index in [-0.39, 0.29) is 5.97 Å². The summed E-state index contributed by atoms with van der Waals surface area (Å²) in [5.74, 6) is -0.378. The van der Waals surface area contributed by atoms with E-state index in [4.69, 9.17) is 16.3 Å². The van der Waals surface area contributed by atoms with Gasteiger partial charge in [0.15, 0.2) is 5.13 Å². The quantitative estimate of drug-likeness (QED) is 0.610. The van der Waals surface area contributed by atoms with Crippen molar-refractivity contribution in [3.63, 3.8) is 0 Å². The molecule has 1 aromatic heterocycles. The Morgan fingerprint density at radius 3 is 2.95 bits per heavy atom. The van der Waals surface area contributed by atoms with Gasteiger partial charge in [0.1, 0.15) is 4.88 Å². The molecule has 0 fully saturated rings. The normalized spacial score (nSPS) is 10.3. The third-order valence-corrected chi connectivity index (χ3v) is 4.39. The second kappa shape index (κ2) is 6.06. The number of hydrogen-bond donors (Lipinski definition) is 1. The molecule has 2 rings (SSSR count). The van der Waals surface area contributed by atoms with Gasteiger partial charge in [0.25, 0.3) is 0 Å². The van der Waals surface area contributed by atoms with Crippen molar-refractivity contribution >= 4 is 62.3 Å². The molecule has 7 heteroatoms. The summed E-state index contributed by atoms with van der Waals surface area (Å²) in [4.78, 5) is 16.3. The SMILES string of the molecule is COC(=O)c1sc(Nc2cc(I)ccc2Cl)nc1C. The van der Waals surface area contributed by atoms with Gasteiger partial charge in [-0.3, -0.25) is 0 Å². The first-order chi connectivity index (χ1) is 9.01. The predicted molar refractivity (Wildman–Crippen MR) is 85.6 cm³/mol. The zero-order chi connectivity index (χ0) is 14.0. The number of aromatic nitrogens is 1. The van der Waals surface area contributed by atoms with Crippen LogP contribution in [0.1, 0.15) is 15.4 Å². The topological polar surface area (TPSA) is 51.2 Å². The molecule has 1 N–H and O–H groups in total. The molecule has 4 nitrogen and oxygen atoms in total. The van der Waals surface area contributed by atoms with Gasteiger partial charge in [0.2, 0.25) is 0 Å². The number of carbonyl (C=O) groups is 1. The number of hydrogen-bond acceptors (Lipinski definition) is 5. The number of esters is 1. The van der Waals surface area contributed by atoms with Gasteiger partial charge in [-0.05, 0) is 47.7 Å². The summed E-state index contributed by atoms with van der Waals surface area (Å²) in [5.41, 5.74) is 1.40. The number of benzene rings is 1. The Hall–Kier alpha value is -0.860. The van der Waals surface area contributed by atoms with Crippen LogP contribution in [0.3, 0.4) is 0 Å². The van der Waals surface area contributed by atoms with Gasteiger partial charge in [-0.2, -0.15) is 0 Å². The number of methoxy groups -OCH3 is 1. The molecule has 0 aliphatic rings. The van der Waals surface area contributed by atoms with E-state index in [0.717, 1.165) is 9.26 Å². The summed E-state index contributed by atoms with van der Waals surface area (Å²) in [7, 11) is 1.35. The van der Waals surface area contributed by atoms with Crippen LogP contribution < -0.4 is 5.32 Å². The molecular formula is C12H10ClIN2O2S. The Bertz CT molecular complexity index is 630. The molecular weight excluding hydrogens is 399 g/mol. The van der Waals surface area contributed by atoms with Crippen LogP contribution in [0, 0.1) is 10.5 Å². The van der Waals surface area contributed by atoms with Crippen LogP contribution >= 0.6 is 45.5 Å². The standard InChI is InChI=1S/C12H10ClIN2O2S/c1-6-10(11(17)18-2)19-12(15-6)16-9-5-7(14)3-4-8(9)13/h3-5H,1-2H3,(H,15,16). The van der Waals surface area contributed by atoms with Gasteiger partial charge >= 0.3 is 5.97 Å². The van der Waals surface area contributed by atoms with E-state index in [2.05, 4.69) is 32.9 Å². The molecule has 0 saturated heterocycles. The number of nitrogens with zero attached hydrogens (tertiary/aromatic N) is 1. The van der Waals surface area contributed by atoms with Crippen molar-refractivity contribution < 1.29 is 9.53 Å². The van der Waals surface area contributed by atoms with Crippen LogP contribution in [0.5, 0.6) is 0 Å². The maximum absolute atomic E-state index is 11.5. The van der Waals surface area contributed by atoms with Crippen LogP contribution in [-0.2, 0) is 4.74 Å². The minimum atomic E-state index is -0.378. The van der Waals surface area contributed by atoms with E-state index in [1.807, 2.05) is 18.2 Å². The first kappa shape index (κ1) is 14.5. The summed E-state index contributed by atoms with van der Waals surface area (Å²) in [6.07, 6.45) is 0. The molecule has 19 heavy (non-hydrogen) atoms. The Morgan fingerprint density at radius 1 is 1.53 bits per heavy atom. The molecule has 1 aromatic carbocycles. The Kier molecular flexibility index (Phi) is 4.64. The molecule has 0 spiro atoms. The molecule has 0 aliphatic carbocycles. The van der Waals surface area contributed by atoms with E-state index in [1.165, 1.54) is 18.4 Å². The summed E-state index contributed by atoms with van der Waals surface area (Å²) >= 11 is 9.55. The minimum Gasteiger partial charge on any atom is -0.465 e. The first-order valence-electron chi connectivity index (χ1n) is 5.29. The van der Waals surface area contributed by atoms with E-state index in [1.54, 1.807) is 6.92 Å². The van der Waals surface area contributed by atoms with Crippen LogP contribution in [0.2, 0.25) is 5.02 Å². The van der Waals surface area contributed by atoms with Gasteiger partial charge in [-0.25, -0.2) is 9.78 Å². The molecule has 100 valence electrons. The maximum Gasteiger partial charge on any atom is 0.350 e. The van der Waals surface area contributed by atoms with Gasteiger partial charge in [0, 0.05) is 3.57 Å². The minimum absolute atomic E-state index is 0.378. The van der Waals surface area contributed by atoms with E-state index < -0.39 is 0 Å². The van der Waals surface area contributed by atoms with E-state index in [0.29, 0.717) is 20.7 Å². The number of aryl methyl sites for hydroxylation is 1.